The van der Waals surface area contributed by atoms with Gasteiger partial charge in [-0.15, -0.1) is 10.2 Å². The molecule has 122 valence electrons. The summed E-state index contributed by atoms with van der Waals surface area (Å²) in [4.78, 5) is 12.0. The third-order valence-corrected chi connectivity index (χ3v) is 4.92. The van der Waals surface area contributed by atoms with Crippen molar-refractivity contribution in [3.8, 4) is 0 Å². The van der Waals surface area contributed by atoms with Gasteiger partial charge in [0.25, 0.3) is 0 Å². The number of hydrogen-bond donors (Lipinski definition) is 1. The number of halogens is 1. The van der Waals surface area contributed by atoms with E-state index in [-0.39, 0.29) is 5.91 Å². The van der Waals surface area contributed by atoms with Crippen LogP contribution >= 0.6 is 23.4 Å². The van der Waals surface area contributed by atoms with Gasteiger partial charge in [0, 0.05) is 24.0 Å². The third-order valence-electron chi connectivity index (χ3n) is 3.72. The van der Waals surface area contributed by atoms with Crippen LogP contribution in [0.2, 0.25) is 5.02 Å². The smallest absolute Gasteiger partial charge is 0.230 e. The fourth-order valence-electron chi connectivity index (χ4n) is 2.38. The Hall–Kier alpha value is -1.53. The molecule has 1 aromatic heterocycles. The van der Waals surface area contributed by atoms with Crippen molar-refractivity contribution in [2.24, 2.45) is 0 Å². The van der Waals surface area contributed by atoms with Crippen molar-refractivity contribution in [1.82, 2.24) is 20.1 Å². The van der Waals surface area contributed by atoms with E-state index in [1.807, 2.05) is 24.3 Å². The zero-order valence-electron chi connectivity index (χ0n) is 13.0. The number of nitrogens with zero attached hydrogens (tertiary/aromatic N) is 3. The maximum absolute atomic E-state index is 12.0. The van der Waals surface area contributed by atoms with Crippen LogP contribution in [0.25, 0.3) is 0 Å². The molecule has 0 saturated heterocycles. The second kappa shape index (κ2) is 7.36. The van der Waals surface area contributed by atoms with Crippen LogP contribution in [0.1, 0.15) is 37.1 Å². The summed E-state index contributed by atoms with van der Waals surface area (Å²) in [5, 5.41) is 12.9. The van der Waals surface area contributed by atoms with Crippen molar-refractivity contribution >= 4 is 29.3 Å². The summed E-state index contributed by atoms with van der Waals surface area (Å²) in [6.07, 6.45) is 2.39. The monoisotopic (exact) mass is 350 g/mol. The van der Waals surface area contributed by atoms with Gasteiger partial charge in [0.05, 0.1) is 5.75 Å². The van der Waals surface area contributed by atoms with Gasteiger partial charge in [0.2, 0.25) is 5.91 Å². The van der Waals surface area contributed by atoms with Gasteiger partial charge in [0.15, 0.2) is 5.16 Å². The van der Waals surface area contributed by atoms with Crippen LogP contribution in [0.4, 0.5) is 0 Å². The average Bonchev–Trinajstić information content (AvgIpc) is 3.31. The Balaban J connectivity index is 1.51. The van der Waals surface area contributed by atoms with Crippen molar-refractivity contribution in [3.63, 3.8) is 0 Å². The van der Waals surface area contributed by atoms with E-state index in [9.17, 15) is 4.79 Å². The first-order valence-corrected chi connectivity index (χ1v) is 9.10. The number of benzene rings is 1. The highest BCUT2D eigenvalue weighted by molar-refractivity contribution is 7.99. The molecule has 2 aromatic rings. The lowest BCUT2D eigenvalue weighted by Gasteiger charge is -2.07. The van der Waals surface area contributed by atoms with E-state index in [0.717, 1.165) is 23.1 Å². The van der Waals surface area contributed by atoms with Gasteiger partial charge >= 0.3 is 0 Å². The van der Waals surface area contributed by atoms with E-state index in [2.05, 4.69) is 27.0 Å². The first-order valence-electron chi connectivity index (χ1n) is 7.74. The summed E-state index contributed by atoms with van der Waals surface area (Å²) >= 11 is 7.37. The highest BCUT2D eigenvalue weighted by Gasteiger charge is 2.30. The SMILES string of the molecule is CCn1c(SCC(=O)NCc2cccc(Cl)c2)nnc1C1CC1. The van der Waals surface area contributed by atoms with E-state index < -0.39 is 0 Å². The minimum atomic E-state index is -0.0198. The maximum Gasteiger partial charge on any atom is 0.230 e. The summed E-state index contributed by atoms with van der Waals surface area (Å²) in [6.45, 7) is 3.40. The van der Waals surface area contributed by atoms with Crippen molar-refractivity contribution in [2.75, 3.05) is 5.75 Å². The summed E-state index contributed by atoms with van der Waals surface area (Å²) in [5.41, 5.74) is 0.989. The van der Waals surface area contributed by atoms with Crippen molar-refractivity contribution in [3.05, 3.63) is 40.7 Å². The molecule has 1 amide bonds. The molecule has 1 fully saturated rings. The second-order valence-corrected chi connectivity index (χ2v) is 6.93. The largest absolute Gasteiger partial charge is 0.351 e. The van der Waals surface area contributed by atoms with Gasteiger partial charge in [-0.05, 0) is 37.5 Å². The van der Waals surface area contributed by atoms with E-state index in [1.54, 1.807) is 0 Å². The quantitative estimate of drug-likeness (QED) is 0.779. The van der Waals surface area contributed by atoms with Crippen LogP contribution in [0.15, 0.2) is 29.4 Å². The number of hydrogen-bond acceptors (Lipinski definition) is 4. The molecule has 0 unspecified atom stereocenters. The maximum atomic E-state index is 12.0. The fourth-order valence-corrected chi connectivity index (χ4v) is 3.43. The van der Waals surface area contributed by atoms with E-state index in [0.29, 0.717) is 23.2 Å². The molecule has 0 atom stereocenters. The van der Waals surface area contributed by atoms with Gasteiger partial charge in [-0.1, -0.05) is 35.5 Å². The Bertz CT molecular complexity index is 699. The fraction of sp³-hybridized carbons (Fsp3) is 0.438. The minimum Gasteiger partial charge on any atom is -0.351 e. The van der Waals surface area contributed by atoms with Crippen LogP contribution in [-0.2, 0) is 17.9 Å². The Kier molecular flexibility index (Phi) is 5.23. The molecule has 1 aliphatic rings. The van der Waals surface area contributed by atoms with Gasteiger partial charge in [0.1, 0.15) is 5.82 Å². The van der Waals surface area contributed by atoms with Crippen LogP contribution in [0.3, 0.4) is 0 Å². The molecule has 0 radical (unpaired) electrons. The summed E-state index contributed by atoms with van der Waals surface area (Å²) in [5.74, 6) is 1.94. The number of carbonyl (C=O) groups excluding carboxylic acids is 1. The molecule has 0 bridgehead atoms. The standard InChI is InChI=1S/C16H19ClN4OS/c1-2-21-15(12-6-7-12)19-20-16(21)23-10-14(22)18-9-11-4-3-5-13(17)8-11/h3-5,8,12H,2,6-7,9-10H2,1H3,(H,18,22). The van der Waals surface area contributed by atoms with Gasteiger partial charge < -0.3 is 9.88 Å². The average molecular weight is 351 g/mol. The lowest BCUT2D eigenvalue weighted by atomic mass is 10.2. The highest BCUT2D eigenvalue weighted by atomic mass is 35.5. The summed E-state index contributed by atoms with van der Waals surface area (Å²) in [6, 6.07) is 7.49. The van der Waals surface area contributed by atoms with Crippen LogP contribution in [0, 0.1) is 0 Å². The predicted molar refractivity (Wildman–Crippen MR) is 91.7 cm³/mol. The molecule has 1 saturated carbocycles. The number of carbonyl (C=O) groups is 1. The number of amides is 1. The predicted octanol–water partition coefficient (Wildman–Crippen LogP) is 3.24. The molecule has 1 aromatic carbocycles. The molecule has 5 nitrogen and oxygen atoms in total. The zero-order valence-corrected chi connectivity index (χ0v) is 14.5. The van der Waals surface area contributed by atoms with Crippen molar-refractivity contribution < 1.29 is 4.79 Å². The first kappa shape index (κ1) is 16.3. The lowest BCUT2D eigenvalue weighted by molar-refractivity contribution is -0.118. The second-order valence-electron chi connectivity index (χ2n) is 5.55. The molecule has 23 heavy (non-hydrogen) atoms. The number of aromatic nitrogens is 3. The van der Waals surface area contributed by atoms with Gasteiger partial charge in [-0.3, -0.25) is 4.79 Å². The number of rotatable bonds is 7. The number of nitrogens with one attached hydrogen (secondary N) is 1. The van der Waals surface area contributed by atoms with Crippen LogP contribution in [-0.4, -0.2) is 26.4 Å². The normalized spacial score (nSPS) is 14.0. The Morgan fingerprint density at radius 2 is 2.26 bits per heavy atom. The molecular weight excluding hydrogens is 332 g/mol. The minimum absolute atomic E-state index is 0.0198. The lowest BCUT2D eigenvalue weighted by Crippen LogP contribution is -2.24. The Labute approximate surface area is 144 Å². The molecule has 1 N–H and O–H groups in total. The molecule has 0 aliphatic heterocycles. The number of thioether (sulfide) groups is 1. The Morgan fingerprint density at radius 1 is 1.43 bits per heavy atom. The van der Waals surface area contributed by atoms with E-state index in [4.69, 9.17) is 11.6 Å². The molecular formula is C16H19ClN4OS. The Morgan fingerprint density at radius 3 is 2.96 bits per heavy atom. The van der Waals surface area contributed by atoms with Gasteiger partial charge in [-0.25, -0.2) is 0 Å². The molecule has 1 aliphatic carbocycles. The van der Waals surface area contributed by atoms with Gasteiger partial charge in [-0.2, -0.15) is 0 Å². The molecule has 7 heteroatoms. The first-order chi connectivity index (χ1) is 11.2. The zero-order chi connectivity index (χ0) is 16.2. The van der Waals surface area contributed by atoms with E-state index >= 15 is 0 Å². The van der Waals surface area contributed by atoms with Crippen LogP contribution in [0.5, 0.6) is 0 Å². The summed E-state index contributed by atoms with van der Waals surface area (Å²) in [7, 11) is 0. The molecule has 3 rings (SSSR count). The summed E-state index contributed by atoms with van der Waals surface area (Å²) < 4.78 is 2.12. The van der Waals surface area contributed by atoms with Crippen LogP contribution < -0.4 is 5.32 Å². The topological polar surface area (TPSA) is 59.8 Å². The molecule has 0 spiro atoms. The van der Waals surface area contributed by atoms with E-state index in [1.165, 1.54) is 24.6 Å². The van der Waals surface area contributed by atoms with Crippen molar-refractivity contribution in [2.45, 2.75) is 43.9 Å². The highest BCUT2D eigenvalue weighted by Crippen LogP contribution is 2.39. The third kappa shape index (κ3) is 4.26. The van der Waals surface area contributed by atoms with Crippen molar-refractivity contribution in [1.29, 1.82) is 0 Å². The molecule has 1 heterocycles.